The van der Waals surface area contributed by atoms with Gasteiger partial charge in [-0.05, 0) is 130 Å². The van der Waals surface area contributed by atoms with Crippen LogP contribution in [0.1, 0.15) is 118 Å². The van der Waals surface area contributed by atoms with Gasteiger partial charge in [0.05, 0.1) is 11.7 Å². The molecule has 0 radical (unpaired) electrons. The lowest BCUT2D eigenvalue weighted by atomic mass is 10.1. The molecule has 3 rings (SSSR count). The van der Waals surface area contributed by atoms with Crippen molar-refractivity contribution in [3.8, 4) is 0 Å². The second-order valence-corrected chi connectivity index (χ2v) is 19.2. The average molecular weight is 1060 g/mol. The number of hydrogen-bond acceptors (Lipinski definition) is 12. The highest BCUT2D eigenvalue weighted by Crippen LogP contribution is 2.16. The summed E-state index contributed by atoms with van der Waals surface area (Å²) in [6.07, 6.45) is 3.74. The molecule has 1 aliphatic rings. The Bertz CT molecular complexity index is 2390. The van der Waals surface area contributed by atoms with Crippen molar-refractivity contribution in [2.75, 3.05) is 25.0 Å². The van der Waals surface area contributed by atoms with E-state index in [-0.39, 0.29) is 63.4 Å². The number of anilines is 1. The maximum Gasteiger partial charge on any atom is 0.246 e. The van der Waals surface area contributed by atoms with Gasteiger partial charge in [0.15, 0.2) is 0 Å². The summed E-state index contributed by atoms with van der Waals surface area (Å²) in [7, 11) is 0. The van der Waals surface area contributed by atoms with Crippen molar-refractivity contribution in [3.05, 3.63) is 65.7 Å². The number of likely N-dealkylation sites (tertiary alicyclic amines) is 1. The number of ketones is 1. The van der Waals surface area contributed by atoms with Gasteiger partial charge in [-0.2, -0.15) is 0 Å². The average Bonchev–Trinajstić information content (AvgIpc) is 3.72. The minimum Gasteiger partial charge on any atom is -0.388 e. The maximum atomic E-state index is 13.6. The molecular weight excluding hydrogens is 979 g/mol. The zero-order valence-electron chi connectivity index (χ0n) is 45.1. The van der Waals surface area contributed by atoms with Crippen molar-refractivity contribution in [1.82, 2.24) is 42.1 Å². The van der Waals surface area contributed by atoms with E-state index in [4.69, 9.17) is 11.5 Å². The van der Waals surface area contributed by atoms with Gasteiger partial charge < -0.3 is 58.9 Å². The van der Waals surface area contributed by atoms with Crippen LogP contribution in [-0.4, -0.2) is 143 Å². The van der Waals surface area contributed by atoms with Crippen LogP contribution in [0.5, 0.6) is 0 Å². The first-order valence-corrected chi connectivity index (χ1v) is 25.8. The maximum absolute atomic E-state index is 13.6. The summed E-state index contributed by atoms with van der Waals surface area (Å²) in [5.74, 6) is -4.82. The lowest BCUT2D eigenvalue weighted by Gasteiger charge is -2.27. The van der Waals surface area contributed by atoms with Gasteiger partial charge in [-0.1, -0.05) is 42.5 Å². The fourth-order valence-corrected chi connectivity index (χ4v) is 7.93. The third-order valence-electron chi connectivity index (χ3n) is 12.4. The number of benzene rings is 2. The molecule has 0 aliphatic carbocycles. The molecule has 1 saturated heterocycles. The van der Waals surface area contributed by atoms with E-state index in [0.29, 0.717) is 36.6 Å². The van der Waals surface area contributed by atoms with E-state index in [1.807, 2.05) is 30.3 Å². The van der Waals surface area contributed by atoms with Crippen LogP contribution < -0.4 is 54.0 Å². The zero-order chi connectivity index (χ0) is 56.5. The topological polar surface area (TPSA) is 347 Å². The molecule has 12 N–H and O–H groups in total. The Morgan fingerprint density at radius 3 is 1.61 bits per heavy atom. The quantitative estimate of drug-likeness (QED) is 0.0282. The fraction of sp³-hybridized carbons (Fsp3) is 0.547. The van der Waals surface area contributed by atoms with E-state index in [1.54, 1.807) is 38.1 Å². The number of aryl methyl sites for hydroxylation is 1. The number of unbranched alkanes of at least 4 members (excludes halogenated alkanes) is 1. The van der Waals surface area contributed by atoms with Crippen LogP contribution in [0, 0.1) is 0 Å². The molecule has 416 valence electrons. The predicted octanol–water partition coefficient (Wildman–Crippen LogP) is 0.578. The van der Waals surface area contributed by atoms with E-state index in [1.165, 1.54) is 52.0 Å². The highest BCUT2D eigenvalue weighted by atomic mass is 16.2. The van der Waals surface area contributed by atoms with Gasteiger partial charge in [-0.25, -0.2) is 0 Å². The van der Waals surface area contributed by atoms with Crippen LogP contribution in [0.4, 0.5) is 5.69 Å². The molecule has 23 nitrogen and oxygen atoms in total. The Morgan fingerprint density at radius 2 is 1.08 bits per heavy atom. The number of hydrogen-bond donors (Lipinski definition) is 10. The van der Waals surface area contributed by atoms with Crippen molar-refractivity contribution in [2.24, 2.45) is 21.5 Å². The first kappa shape index (κ1) is 62.6. The largest absolute Gasteiger partial charge is 0.388 e. The molecule has 2 aromatic rings. The van der Waals surface area contributed by atoms with Gasteiger partial charge in [0.25, 0.3) is 0 Å². The summed E-state index contributed by atoms with van der Waals surface area (Å²) < 4.78 is 0. The van der Waals surface area contributed by atoms with Crippen molar-refractivity contribution in [3.63, 3.8) is 0 Å². The molecule has 9 amide bonds. The van der Waals surface area contributed by atoms with E-state index in [0.717, 1.165) is 18.4 Å². The van der Waals surface area contributed by atoms with Crippen molar-refractivity contribution in [1.29, 1.82) is 0 Å². The summed E-state index contributed by atoms with van der Waals surface area (Å²) in [4.78, 5) is 141. The standard InChI is InChI=1S/C53H79N13O10/c1-31(67)30-40-22-24-41(25-23-40)62-46(69)33(3)60-51(74)43(20-15-28-57-38(8)55)64-48(71)34(4)59-50(73)36(6)66-29-26-44(53(66)76)65-49(72)35(5)61-52(75)42(19-14-27-56-37(7)54)63-47(70)32(2)58-45(68)21-13-12-18-39-16-10-9-11-17-39/h9-11,16-17,22-25,32-36,42-44H,12-15,18-21,26-30H2,1-8H3,(H2,54,56)(H2,55,57)(H,58,68)(H,59,73)(H,60,74)(H,61,75)(H,62,69)(H,63,70)(H,64,71)(H,65,72)/t32-,33-,34-,35-,36-,42-,43-,44+/m0/s1. The fourth-order valence-electron chi connectivity index (χ4n) is 7.93. The smallest absolute Gasteiger partial charge is 0.246 e. The molecule has 76 heavy (non-hydrogen) atoms. The van der Waals surface area contributed by atoms with Crippen LogP contribution >= 0.6 is 0 Å². The number of amides is 9. The van der Waals surface area contributed by atoms with Gasteiger partial charge in [0.1, 0.15) is 54.1 Å². The number of nitrogens with zero attached hydrogens (tertiary/aromatic N) is 3. The molecule has 1 aliphatic heterocycles. The number of carbonyl (C=O) groups is 10. The monoisotopic (exact) mass is 1060 g/mol. The van der Waals surface area contributed by atoms with Gasteiger partial charge >= 0.3 is 0 Å². The van der Waals surface area contributed by atoms with E-state index < -0.39 is 95.6 Å². The van der Waals surface area contributed by atoms with Crippen LogP contribution in [0.25, 0.3) is 0 Å². The van der Waals surface area contributed by atoms with Crippen LogP contribution in [0.15, 0.2) is 64.6 Å². The van der Waals surface area contributed by atoms with E-state index in [9.17, 15) is 47.9 Å². The SMILES string of the molecule is CC(=O)Cc1ccc(NC(=O)[C@H](C)NC(=O)[C@H](CCCN=C(C)N)NC(=O)[C@H](C)NC(=O)[C@H](C)N2CC[C@@H](NC(=O)[C@H](C)NC(=O)[C@H](CCCN=C(C)N)NC(=O)[C@H](C)NC(=O)CCCCc3ccccc3)C2=O)cc1. The minimum absolute atomic E-state index is 0.00783. The highest BCUT2D eigenvalue weighted by molar-refractivity contribution is 6.00. The summed E-state index contributed by atoms with van der Waals surface area (Å²) in [5, 5.41) is 21.1. The number of aliphatic imine (C=N–C) groups is 2. The molecule has 0 spiro atoms. The normalized spacial score (nSPS) is 16.3. The third-order valence-corrected chi connectivity index (χ3v) is 12.4. The number of carbonyl (C=O) groups excluding carboxylic acids is 10. The van der Waals surface area contributed by atoms with E-state index in [2.05, 4.69) is 52.5 Å². The van der Waals surface area contributed by atoms with Gasteiger partial charge in [0, 0.05) is 38.2 Å². The van der Waals surface area contributed by atoms with Crippen LogP contribution in [0.2, 0.25) is 0 Å². The molecular formula is C53H79N13O10. The minimum atomic E-state index is -1.19. The van der Waals surface area contributed by atoms with Crippen molar-refractivity contribution in [2.45, 2.75) is 168 Å². The Labute approximate surface area is 445 Å². The Balaban J connectivity index is 1.54. The van der Waals surface area contributed by atoms with Crippen molar-refractivity contribution >= 4 is 76.3 Å². The zero-order valence-corrected chi connectivity index (χ0v) is 45.1. The summed E-state index contributed by atoms with van der Waals surface area (Å²) in [5.41, 5.74) is 13.7. The van der Waals surface area contributed by atoms with Crippen LogP contribution in [-0.2, 0) is 60.8 Å². The van der Waals surface area contributed by atoms with Crippen molar-refractivity contribution < 1.29 is 47.9 Å². The van der Waals surface area contributed by atoms with Crippen LogP contribution in [0.3, 0.4) is 0 Å². The molecule has 0 saturated carbocycles. The van der Waals surface area contributed by atoms with Gasteiger partial charge in [-0.15, -0.1) is 0 Å². The molecule has 0 aromatic heterocycles. The second-order valence-electron chi connectivity index (χ2n) is 19.2. The first-order valence-electron chi connectivity index (χ1n) is 25.8. The summed E-state index contributed by atoms with van der Waals surface area (Å²) in [6.45, 7) is 12.6. The molecule has 0 unspecified atom stereocenters. The third kappa shape index (κ3) is 22.4. The molecule has 8 atom stereocenters. The van der Waals surface area contributed by atoms with Gasteiger partial charge in [-0.3, -0.25) is 57.9 Å². The second kappa shape index (κ2) is 31.9. The first-order chi connectivity index (χ1) is 35.9. The lowest BCUT2D eigenvalue weighted by Crippen LogP contribution is -2.57. The molecule has 0 bridgehead atoms. The molecule has 2 aromatic carbocycles. The molecule has 23 heteroatoms. The number of nitrogens with one attached hydrogen (secondary N) is 8. The molecule has 1 heterocycles. The Kier molecular flexibility index (Phi) is 26.3. The lowest BCUT2D eigenvalue weighted by molar-refractivity contribution is -0.140. The predicted molar refractivity (Wildman–Crippen MR) is 288 cm³/mol. The molecule has 1 fully saturated rings. The number of rotatable bonds is 31. The van der Waals surface area contributed by atoms with Gasteiger partial charge in [0.2, 0.25) is 53.2 Å². The Hall–Kier alpha value is -7.72. The van der Waals surface area contributed by atoms with E-state index >= 15 is 0 Å². The summed E-state index contributed by atoms with van der Waals surface area (Å²) >= 11 is 0. The highest BCUT2D eigenvalue weighted by Gasteiger charge is 2.39. The number of nitrogens with two attached hydrogens (primary N) is 2. The number of Topliss-reactive ketones (excluding diaryl/α,β-unsaturated/α-hetero) is 1. The Morgan fingerprint density at radius 1 is 0.579 bits per heavy atom. The number of amidine groups is 2. The summed E-state index contributed by atoms with van der Waals surface area (Å²) in [6, 6.07) is 7.83.